The fourth-order valence-corrected chi connectivity index (χ4v) is 1.61. The fourth-order valence-electron chi connectivity index (χ4n) is 1.61. The summed E-state index contributed by atoms with van der Waals surface area (Å²) in [4.78, 5) is 15.6. The maximum absolute atomic E-state index is 12.8. The van der Waals surface area contributed by atoms with Crippen molar-refractivity contribution in [2.24, 2.45) is 0 Å². The van der Waals surface area contributed by atoms with Crippen LogP contribution in [0.5, 0.6) is 0 Å². The summed E-state index contributed by atoms with van der Waals surface area (Å²) in [5.41, 5.74) is 6.83. The Morgan fingerprint density at radius 3 is 2.68 bits per heavy atom. The zero-order chi connectivity index (χ0) is 13.7. The topological polar surface area (TPSA) is 65.2 Å². The van der Waals surface area contributed by atoms with Crippen LogP contribution in [0.2, 0.25) is 0 Å². The number of pyridine rings is 1. The van der Waals surface area contributed by atoms with E-state index in [0.717, 1.165) is 11.6 Å². The number of rotatable bonds is 4. The number of hydrogen-bond acceptors (Lipinski definition) is 4. The molecule has 1 aromatic heterocycles. The molecule has 4 nitrogen and oxygen atoms in total. The van der Waals surface area contributed by atoms with Gasteiger partial charge in [-0.05, 0) is 35.9 Å². The van der Waals surface area contributed by atoms with E-state index in [1.165, 1.54) is 12.1 Å². The summed E-state index contributed by atoms with van der Waals surface area (Å²) in [6, 6.07) is 7.29. The van der Waals surface area contributed by atoms with Gasteiger partial charge in [-0.3, -0.25) is 4.98 Å². The quantitative estimate of drug-likeness (QED) is 0.676. The van der Waals surface area contributed by atoms with Crippen LogP contribution < -0.4 is 5.73 Å². The Bertz CT molecular complexity index is 573. The molecule has 2 rings (SSSR count). The first kappa shape index (κ1) is 13.0. The molecule has 98 valence electrons. The number of carbonyl (C=O) groups is 1. The second-order valence-electron chi connectivity index (χ2n) is 3.97. The first-order valence-electron chi connectivity index (χ1n) is 5.78. The van der Waals surface area contributed by atoms with Crippen molar-refractivity contribution in [1.82, 2.24) is 4.98 Å². The molecule has 0 aliphatic rings. The monoisotopic (exact) mass is 260 g/mol. The minimum atomic E-state index is -0.549. The van der Waals surface area contributed by atoms with E-state index in [9.17, 15) is 9.18 Å². The number of ether oxygens (including phenoxy) is 1. The SMILES string of the molecule is Nc1cc(F)ccc1C(=O)OCCc1ccncc1. The minimum absolute atomic E-state index is 0.0777. The molecular weight excluding hydrogens is 247 g/mol. The molecule has 0 spiro atoms. The summed E-state index contributed by atoms with van der Waals surface area (Å²) in [6.45, 7) is 0.236. The molecule has 1 heterocycles. The number of hydrogen-bond donors (Lipinski definition) is 1. The minimum Gasteiger partial charge on any atom is -0.462 e. The molecule has 0 saturated heterocycles. The van der Waals surface area contributed by atoms with Crippen LogP contribution in [0.15, 0.2) is 42.7 Å². The number of nitrogen functional groups attached to an aromatic ring is 1. The number of aromatic nitrogens is 1. The van der Waals surface area contributed by atoms with E-state index in [2.05, 4.69) is 4.98 Å². The number of nitrogens with two attached hydrogens (primary N) is 1. The Balaban J connectivity index is 1.91. The fraction of sp³-hybridized carbons (Fsp3) is 0.143. The van der Waals surface area contributed by atoms with Crippen molar-refractivity contribution < 1.29 is 13.9 Å². The summed E-state index contributed by atoms with van der Waals surface area (Å²) >= 11 is 0. The molecule has 1 aromatic carbocycles. The van der Waals surface area contributed by atoms with Crippen molar-refractivity contribution in [3.05, 3.63) is 59.7 Å². The number of benzene rings is 1. The van der Waals surface area contributed by atoms with Gasteiger partial charge in [0, 0.05) is 24.5 Å². The standard InChI is InChI=1S/C14H13FN2O2/c15-11-1-2-12(13(16)9-11)14(18)19-8-5-10-3-6-17-7-4-10/h1-4,6-7,9H,5,8,16H2. The first-order chi connectivity index (χ1) is 9.16. The molecule has 0 fully saturated rings. The number of esters is 1. The summed E-state index contributed by atoms with van der Waals surface area (Å²) < 4.78 is 17.9. The van der Waals surface area contributed by atoms with Gasteiger partial charge in [0.1, 0.15) is 5.82 Å². The molecule has 2 aromatic rings. The van der Waals surface area contributed by atoms with Crippen LogP contribution in [0.1, 0.15) is 15.9 Å². The summed E-state index contributed by atoms with van der Waals surface area (Å²) in [7, 11) is 0. The van der Waals surface area contributed by atoms with Gasteiger partial charge in [-0.25, -0.2) is 9.18 Å². The van der Waals surface area contributed by atoms with Crippen LogP contribution in [-0.2, 0) is 11.2 Å². The molecule has 5 heteroatoms. The van der Waals surface area contributed by atoms with E-state index < -0.39 is 11.8 Å². The van der Waals surface area contributed by atoms with Gasteiger partial charge in [0.05, 0.1) is 12.2 Å². The third kappa shape index (κ3) is 3.51. The molecule has 0 aliphatic heterocycles. The molecule has 0 aliphatic carbocycles. The highest BCUT2D eigenvalue weighted by Gasteiger charge is 2.11. The lowest BCUT2D eigenvalue weighted by atomic mass is 10.2. The molecule has 0 atom stereocenters. The maximum atomic E-state index is 12.8. The van der Waals surface area contributed by atoms with E-state index in [1.54, 1.807) is 12.4 Å². The predicted octanol–water partition coefficient (Wildman–Crippen LogP) is 2.20. The van der Waals surface area contributed by atoms with Crippen LogP contribution in [0.3, 0.4) is 0 Å². The third-order valence-electron chi connectivity index (χ3n) is 2.61. The molecule has 0 radical (unpaired) electrons. The number of carbonyl (C=O) groups excluding carboxylic acids is 1. The third-order valence-corrected chi connectivity index (χ3v) is 2.61. The van der Waals surface area contributed by atoms with Gasteiger partial charge in [0.2, 0.25) is 0 Å². The number of halogens is 1. The normalized spacial score (nSPS) is 10.2. The van der Waals surface area contributed by atoms with Gasteiger partial charge < -0.3 is 10.5 Å². The lowest BCUT2D eigenvalue weighted by Crippen LogP contribution is -2.10. The molecule has 0 bridgehead atoms. The summed E-state index contributed by atoms with van der Waals surface area (Å²) in [5, 5.41) is 0. The van der Waals surface area contributed by atoms with Crippen LogP contribution in [0.25, 0.3) is 0 Å². The van der Waals surface area contributed by atoms with Gasteiger partial charge >= 0.3 is 5.97 Å². The van der Waals surface area contributed by atoms with E-state index in [1.807, 2.05) is 12.1 Å². The zero-order valence-electron chi connectivity index (χ0n) is 10.2. The van der Waals surface area contributed by atoms with Crippen LogP contribution in [0.4, 0.5) is 10.1 Å². The second kappa shape index (κ2) is 5.95. The Kier molecular flexibility index (Phi) is 4.07. The van der Waals surface area contributed by atoms with Gasteiger partial charge in [0.15, 0.2) is 0 Å². The van der Waals surface area contributed by atoms with Gasteiger partial charge in [-0.2, -0.15) is 0 Å². The molecule has 0 amide bonds. The van der Waals surface area contributed by atoms with Gasteiger partial charge in [0.25, 0.3) is 0 Å². The Labute approximate surface area is 110 Å². The largest absolute Gasteiger partial charge is 0.462 e. The molecule has 2 N–H and O–H groups in total. The highest BCUT2D eigenvalue weighted by molar-refractivity contribution is 5.94. The number of nitrogens with zero attached hydrogens (tertiary/aromatic N) is 1. The Hall–Kier alpha value is -2.43. The molecule has 0 unspecified atom stereocenters. The van der Waals surface area contributed by atoms with Crippen molar-refractivity contribution >= 4 is 11.7 Å². The van der Waals surface area contributed by atoms with Gasteiger partial charge in [-0.1, -0.05) is 0 Å². The van der Waals surface area contributed by atoms with Crippen molar-refractivity contribution in [3.8, 4) is 0 Å². The highest BCUT2D eigenvalue weighted by Crippen LogP contribution is 2.14. The average Bonchev–Trinajstić information content (AvgIpc) is 2.39. The van der Waals surface area contributed by atoms with Crippen molar-refractivity contribution in [2.75, 3.05) is 12.3 Å². The summed E-state index contributed by atoms with van der Waals surface area (Å²) in [5.74, 6) is -1.03. The van der Waals surface area contributed by atoms with Crippen LogP contribution >= 0.6 is 0 Å². The molecular formula is C14H13FN2O2. The maximum Gasteiger partial charge on any atom is 0.340 e. The Morgan fingerprint density at radius 1 is 1.26 bits per heavy atom. The van der Waals surface area contributed by atoms with Gasteiger partial charge in [-0.15, -0.1) is 0 Å². The average molecular weight is 260 g/mol. The Morgan fingerprint density at radius 2 is 2.00 bits per heavy atom. The summed E-state index contributed by atoms with van der Waals surface area (Å²) in [6.07, 6.45) is 3.94. The van der Waals surface area contributed by atoms with Crippen molar-refractivity contribution in [2.45, 2.75) is 6.42 Å². The second-order valence-corrected chi connectivity index (χ2v) is 3.97. The van der Waals surface area contributed by atoms with Crippen LogP contribution in [0, 0.1) is 5.82 Å². The zero-order valence-corrected chi connectivity index (χ0v) is 10.2. The van der Waals surface area contributed by atoms with Crippen molar-refractivity contribution in [1.29, 1.82) is 0 Å². The highest BCUT2D eigenvalue weighted by atomic mass is 19.1. The smallest absolute Gasteiger partial charge is 0.340 e. The molecule has 0 saturated carbocycles. The van der Waals surface area contributed by atoms with Crippen molar-refractivity contribution in [3.63, 3.8) is 0 Å². The van der Waals surface area contributed by atoms with E-state index >= 15 is 0 Å². The molecule has 19 heavy (non-hydrogen) atoms. The van der Waals surface area contributed by atoms with E-state index in [0.29, 0.717) is 6.42 Å². The van der Waals surface area contributed by atoms with E-state index in [4.69, 9.17) is 10.5 Å². The lowest BCUT2D eigenvalue weighted by Gasteiger charge is -2.07. The first-order valence-corrected chi connectivity index (χ1v) is 5.78. The van der Waals surface area contributed by atoms with E-state index in [-0.39, 0.29) is 17.9 Å². The number of anilines is 1. The predicted molar refractivity (Wildman–Crippen MR) is 69.0 cm³/mol. The lowest BCUT2D eigenvalue weighted by molar-refractivity contribution is 0.0510. The van der Waals surface area contributed by atoms with Crippen LogP contribution in [-0.4, -0.2) is 17.6 Å².